The van der Waals surface area contributed by atoms with Crippen LogP contribution in [0, 0.1) is 10.8 Å². The summed E-state index contributed by atoms with van der Waals surface area (Å²) >= 11 is 0. The molecule has 382 valence electrons. The molecule has 3 amide bonds. The molecule has 2 fully saturated rings. The number of carboxylic acid groups (broad SMARTS) is 1. The standard InChI is InChI=1S/C29H40N2O4.C24H32N2O2.C2HF3O2/c1-21(32)30-24-11-7-22(8-12-24)23-9-13-26(14-10-23)34-20-19-31(27(33)35-28(2,3)4)25-15-17-29(5,6)18-16-25;1-18(27)26-22-8-4-19(5-9-22)20-6-10-23(11-7-20)28-17-16-25-21-12-14-24(2,3)15-13-21;3-2(4,5)1(6)7/h7-14,25H,15-20H2,1-6H3,(H,30,32);4-11,21,25H,12-17H2,1-3H3,(H,26,27);(H,6,7). The molecule has 0 bridgehead atoms. The molecule has 0 unspecified atom stereocenters. The summed E-state index contributed by atoms with van der Waals surface area (Å²) in [5.74, 6) is -1.25. The molecule has 0 radical (unpaired) electrons. The zero-order valence-electron chi connectivity index (χ0n) is 42.3. The number of rotatable bonds is 14. The molecule has 70 heavy (non-hydrogen) atoms. The Bertz CT molecular complexity index is 2260. The third-order valence-corrected chi connectivity index (χ3v) is 12.1. The van der Waals surface area contributed by atoms with Crippen LogP contribution in [0.1, 0.15) is 114 Å². The van der Waals surface area contributed by atoms with Crippen molar-refractivity contribution in [2.45, 2.75) is 138 Å². The van der Waals surface area contributed by atoms with Crippen molar-refractivity contribution in [1.29, 1.82) is 0 Å². The molecule has 0 saturated heterocycles. The zero-order chi connectivity index (χ0) is 51.7. The van der Waals surface area contributed by atoms with Crippen molar-refractivity contribution in [3.8, 4) is 33.8 Å². The molecule has 0 aliphatic heterocycles. The van der Waals surface area contributed by atoms with E-state index in [-0.39, 0.29) is 23.9 Å². The van der Waals surface area contributed by atoms with Crippen LogP contribution in [0.15, 0.2) is 97.1 Å². The first-order valence-corrected chi connectivity index (χ1v) is 24.0. The molecule has 6 rings (SSSR count). The number of amides is 3. The lowest BCUT2D eigenvalue weighted by molar-refractivity contribution is -0.192. The van der Waals surface area contributed by atoms with Crippen molar-refractivity contribution in [2.75, 3.05) is 36.9 Å². The van der Waals surface area contributed by atoms with Crippen LogP contribution in [-0.4, -0.2) is 84.0 Å². The van der Waals surface area contributed by atoms with Gasteiger partial charge >= 0.3 is 18.2 Å². The van der Waals surface area contributed by atoms with Gasteiger partial charge in [-0.25, -0.2) is 9.59 Å². The van der Waals surface area contributed by atoms with Crippen LogP contribution in [0.5, 0.6) is 11.5 Å². The van der Waals surface area contributed by atoms with Gasteiger partial charge in [-0.05, 0) is 154 Å². The highest BCUT2D eigenvalue weighted by Crippen LogP contribution is 2.38. The molecular weight excluding hydrogens is 902 g/mol. The van der Waals surface area contributed by atoms with E-state index in [2.05, 4.69) is 55.8 Å². The number of nitrogens with zero attached hydrogens (tertiary/aromatic N) is 1. The molecule has 2 saturated carbocycles. The minimum atomic E-state index is -5.08. The number of alkyl halides is 3. The van der Waals surface area contributed by atoms with Gasteiger partial charge in [0, 0.05) is 43.9 Å². The maximum absolute atomic E-state index is 13.0. The van der Waals surface area contributed by atoms with Gasteiger partial charge in [0.25, 0.3) is 0 Å². The number of hydrogen-bond donors (Lipinski definition) is 4. The Hall–Kier alpha value is -6.09. The monoisotopic (exact) mass is 975 g/mol. The van der Waals surface area contributed by atoms with E-state index in [4.69, 9.17) is 24.1 Å². The molecule has 4 aromatic rings. The Labute approximate surface area is 412 Å². The van der Waals surface area contributed by atoms with Crippen molar-refractivity contribution in [1.82, 2.24) is 10.2 Å². The second kappa shape index (κ2) is 25.7. The number of ether oxygens (including phenoxy) is 3. The molecule has 2 aliphatic rings. The maximum Gasteiger partial charge on any atom is 0.490 e. The van der Waals surface area contributed by atoms with E-state index >= 15 is 0 Å². The highest BCUT2D eigenvalue weighted by Gasteiger charge is 2.38. The fraction of sp³-hybridized carbons (Fsp3) is 0.491. The number of aliphatic carboxylic acids is 1. The third kappa shape index (κ3) is 20.5. The van der Waals surface area contributed by atoms with Crippen molar-refractivity contribution in [3.05, 3.63) is 97.1 Å². The molecule has 0 aromatic heterocycles. The lowest BCUT2D eigenvalue weighted by Gasteiger charge is -2.40. The van der Waals surface area contributed by atoms with Gasteiger partial charge in [0.15, 0.2) is 0 Å². The Morgan fingerprint density at radius 1 is 0.614 bits per heavy atom. The lowest BCUT2D eigenvalue weighted by atomic mass is 9.75. The fourth-order valence-corrected chi connectivity index (χ4v) is 8.12. The quantitative estimate of drug-likeness (QED) is 0.0904. The first-order valence-electron chi connectivity index (χ1n) is 24.0. The molecule has 0 heterocycles. The van der Waals surface area contributed by atoms with E-state index in [9.17, 15) is 27.6 Å². The predicted molar refractivity (Wildman–Crippen MR) is 270 cm³/mol. The Morgan fingerprint density at radius 2 is 0.971 bits per heavy atom. The van der Waals surface area contributed by atoms with Crippen LogP contribution in [0.3, 0.4) is 0 Å². The van der Waals surface area contributed by atoms with Crippen LogP contribution in [0.4, 0.5) is 29.3 Å². The van der Waals surface area contributed by atoms with E-state index < -0.39 is 17.7 Å². The normalized spacial score (nSPS) is 15.7. The SMILES string of the molecule is CC(=O)Nc1ccc(-c2ccc(OCCN(C(=O)OC(C)(C)C)C3CCC(C)(C)CC3)cc2)cc1.CC(=O)Nc1ccc(-c2ccc(OCCNC3CCC(C)(C)CC3)cc2)cc1.O=C(O)C(F)(F)F. The zero-order valence-corrected chi connectivity index (χ0v) is 42.3. The maximum atomic E-state index is 13.0. The predicted octanol–water partition coefficient (Wildman–Crippen LogP) is 12.8. The highest BCUT2D eigenvalue weighted by atomic mass is 19.4. The molecule has 4 aromatic carbocycles. The first kappa shape index (κ1) is 56.5. The van der Waals surface area contributed by atoms with Gasteiger partial charge in [0.05, 0.1) is 6.54 Å². The molecule has 15 heteroatoms. The Kier molecular flexibility index (Phi) is 20.7. The minimum absolute atomic E-state index is 0.0592. The van der Waals surface area contributed by atoms with Crippen LogP contribution in [0.2, 0.25) is 0 Å². The van der Waals surface area contributed by atoms with Gasteiger partial charge in [0.2, 0.25) is 11.8 Å². The molecule has 12 nitrogen and oxygen atoms in total. The summed E-state index contributed by atoms with van der Waals surface area (Å²) in [6, 6.07) is 32.5. The number of carboxylic acids is 1. The van der Waals surface area contributed by atoms with Crippen molar-refractivity contribution >= 4 is 35.3 Å². The van der Waals surface area contributed by atoms with Crippen LogP contribution >= 0.6 is 0 Å². The van der Waals surface area contributed by atoms with Crippen LogP contribution < -0.4 is 25.4 Å². The molecule has 0 spiro atoms. The summed E-state index contributed by atoms with van der Waals surface area (Å²) in [7, 11) is 0. The van der Waals surface area contributed by atoms with Gasteiger partial charge in [-0.1, -0.05) is 76.2 Å². The molecule has 2 aliphatic carbocycles. The number of hydrogen-bond acceptors (Lipinski definition) is 8. The van der Waals surface area contributed by atoms with Gasteiger partial charge in [0.1, 0.15) is 30.3 Å². The van der Waals surface area contributed by atoms with E-state index in [1.165, 1.54) is 39.5 Å². The van der Waals surface area contributed by atoms with E-state index in [0.29, 0.717) is 36.6 Å². The van der Waals surface area contributed by atoms with Crippen molar-refractivity contribution in [3.63, 3.8) is 0 Å². The lowest BCUT2D eigenvalue weighted by Crippen LogP contribution is -2.47. The number of anilines is 2. The number of halogens is 3. The average molecular weight is 975 g/mol. The Balaban J connectivity index is 0.000000273. The van der Waals surface area contributed by atoms with Gasteiger partial charge in [-0.3, -0.25) is 9.59 Å². The van der Waals surface area contributed by atoms with Crippen molar-refractivity contribution in [2.24, 2.45) is 10.8 Å². The van der Waals surface area contributed by atoms with Crippen molar-refractivity contribution < 1.29 is 51.7 Å². The van der Waals surface area contributed by atoms with Crippen LogP contribution in [0.25, 0.3) is 22.3 Å². The fourth-order valence-electron chi connectivity index (χ4n) is 8.12. The summed E-state index contributed by atoms with van der Waals surface area (Å²) in [5, 5.41) is 16.3. The molecule has 4 N–H and O–H groups in total. The molecule has 0 atom stereocenters. The van der Waals surface area contributed by atoms with Gasteiger partial charge in [-0.2, -0.15) is 13.2 Å². The van der Waals surface area contributed by atoms with E-state index in [1.54, 1.807) is 0 Å². The minimum Gasteiger partial charge on any atom is -0.492 e. The van der Waals surface area contributed by atoms with E-state index in [0.717, 1.165) is 77.4 Å². The summed E-state index contributed by atoms with van der Waals surface area (Å²) in [5.41, 5.74) is 6.27. The summed E-state index contributed by atoms with van der Waals surface area (Å²) in [6.07, 6.45) is 3.98. The second-order valence-corrected chi connectivity index (χ2v) is 20.5. The summed E-state index contributed by atoms with van der Waals surface area (Å²) in [6.45, 7) is 20.5. The van der Waals surface area contributed by atoms with Crippen LogP contribution in [-0.2, 0) is 19.1 Å². The largest absolute Gasteiger partial charge is 0.492 e. The number of carbonyl (C=O) groups is 4. The summed E-state index contributed by atoms with van der Waals surface area (Å²) in [4.78, 5) is 46.0. The third-order valence-electron chi connectivity index (χ3n) is 12.1. The smallest absolute Gasteiger partial charge is 0.490 e. The Morgan fingerprint density at radius 3 is 1.33 bits per heavy atom. The first-order chi connectivity index (χ1) is 32.8. The molecular formula is C55H73F3N4O8. The van der Waals surface area contributed by atoms with Gasteiger partial charge in [-0.15, -0.1) is 0 Å². The summed E-state index contributed by atoms with van der Waals surface area (Å²) < 4.78 is 49.3. The van der Waals surface area contributed by atoms with Gasteiger partial charge < -0.3 is 40.2 Å². The number of nitrogens with one attached hydrogen (secondary N) is 3. The number of benzene rings is 4. The topological polar surface area (TPSA) is 156 Å². The highest BCUT2D eigenvalue weighted by molar-refractivity contribution is 5.89. The average Bonchev–Trinajstić information content (AvgIpc) is 3.27. The number of carbonyl (C=O) groups excluding carboxylic acids is 3. The second-order valence-electron chi connectivity index (χ2n) is 20.5. The van der Waals surface area contributed by atoms with E-state index in [1.807, 2.05) is 111 Å².